The molecule has 0 aliphatic carbocycles. The number of unbranched alkanes of at least 4 members (excludes halogenated alkanes) is 2. The van der Waals surface area contributed by atoms with Crippen LogP contribution in [0.2, 0.25) is 0 Å². The Labute approximate surface area is 111 Å². The Morgan fingerprint density at radius 3 is 2.89 bits per heavy atom. The van der Waals surface area contributed by atoms with Crippen LogP contribution in [0, 0.1) is 22.5 Å². The number of nitrogens with zero attached hydrogens (tertiary/aromatic N) is 2. The van der Waals surface area contributed by atoms with Gasteiger partial charge < -0.3 is 9.88 Å². The van der Waals surface area contributed by atoms with Gasteiger partial charge in [-0.2, -0.15) is 0 Å². The first kappa shape index (κ1) is 14.8. The number of carbonyl (C=O) groups is 1. The molecular formula is C13H17N3O3. The van der Waals surface area contributed by atoms with Crippen LogP contribution in [0.1, 0.15) is 36.7 Å². The van der Waals surface area contributed by atoms with Crippen molar-refractivity contribution in [3.63, 3.8) is 0 Å². The molecule has 6 nitrogen and oxygen atoms in total. The summed E-state index contributed by atoms with van der Waals surface area (Å²) in [4.78, 5) is 22.1. The molecule has 0 spiro atoms. The topological polar surface area (TPSA) is 77.2 Å². The van der Waals surface area contributed by atoms with Crippen LogP contribution < -0.4 is 5.32 Å². The van der Waals surface area contributed by atoms with E-state index in [0.29, 0.717) is 25.2 Å². The van der Waals surface area contributed by atoms with E-state index in [1.54, 1.807) is 4.57 Å². The van der Waals surface area contributed by atoms with Crippen molar-refractivity contribution in [2.45, 2.75) is 32.7 Å². The molecule has 1 amide bonds. The smallest absolute Gasteiger partial charge is 0.287 e. The van der Waals surface area contributed by atoms with Gasteiger partial charge in [0.2, 0.25) is 0 Å². The number of aryl methyl sites for hydroxylation is 1. The number of amides is 1. The summed E-state index contributed by atoms with van der Waals surface area (Å²) in [6.45, 7) is 2.85. The van der Waals surface area contributed by atoms with Crippen molar-refractivity contribution in [1.29, 1.82) is 0 Å². The Kier molecular flexibility index (Phi) is 5.61. The van der Waals surface area contributed by atoms with Crippen molar-refractivity contribution in [1.82, 2.24) is 9.88 Å². The SMILES string of the molecule is C#CCCCCNC(=O)c1cc([N+](=O)[O-])cn1CC. The van der Waals surface area contributed by atoms with Gasteiger partial charge in [-0.1, -0.05) is 0 Å². The lowest BCUT2D eigenvalue weighted by atomic mass is 10.2. The standard InChI is InChI=1S/C13H17N3O3/c1-3-5-6-7-8-14-13(17)12-9-11(16(18)19)10-15(12)4-2/h1,9-10H,4-8H2,2H3,(H,14,17). The monoisotopic (exact) mass is 263 g/mol. The Bertz CT molecular complexity index is 500. The van der Waals surface area contributed by atoms with E-state index < -0.39 is 4.92 Å². The number of rotatable bonds is 7. The number of hydrogen-bond acceptors (Lipinski definition) is 3. The minimum Gasteiger partial charge on any atom is -0.351 e. The molecule has 0 aliphatic heterocycles. The molecule has 102 valence electrons. The lowest BCUT2D eigenvalue weighted by molar-refractivity contribution is -0.384. The zero-order valence-corrected chi connectivity index (χ0v) is 10.9. The van der Waals surface area contributed by atoms with Gasteiger partial charge in [0.15, 0.2) is 0 Å². The predicted octanol–water partition coefficient (Wildman–Crippen LogP) is 1.95. The van der Waals surface area contributed by atoms with E-state index in [1.165, 1.54) is 12.3 Å². The van der Waals surface area contributed by atoms with Gasteiger partial charge in [-0.3, -0.25) is 14.9 Å². The molecule has 1 aromatic rings. The third kappa shape index (κ3) is 4.14. The second kappa shape index (κ2) is 7.21. The van der Waals surface area contributed by atoms with E-state index in [-0.39, 0.29) is 11.6 Å². The normalized spacial score (nSPS) is 9.89. The van der Waals surface area contributed by atoms with E-state index in [4.69, 9.17) is 6.42 Å². The average Bonchev–Trinajstić information content (AvgIpc) is 2.82. The summed E-state index contributed by atoms with van der Waals surface area (Å²) in [6.07, 6.45) is 8.83. The van der Waals surface area contributed by atoms with Gasteiger partial charge >= 0.3 is 0 Å². The molecule has 0 saturated heterocycles. The van der Waals surface area contributed by atoms with Crippen molar-refractivity contribution < 1.29 is 9.72 Å². The maximum absolute atomic E-state index is 11.9. The maximum Gasteiger partial charge on any atom is 0.287 e. The Morgan fingerprint density at radius 2 is 2.32 bits per heavy atom. The molecule has 0 fully saturated rings. The highest BCUT2D eigenvalue weighted by Gasteiger charge is 2.18. The zero-order valence-electron chi connectivity index (χ0n) is 10.9. The van der Waals surface area contributed by atoms with E-state index in [9.17, 15) is 14.9 Å². The summed E-state index contributed by atoms with van der Waals surface area (Å²) in [5, 5.41) is 13.4. The van der Waals surface area contributed by atoms with Crippen LogP contribution in [-0.4, -0.2) is 21.9 Å². The van der Waals surface area contributed by atoms with Gasteiger partial charge in [-0.15, -0.1) is 12.3 Å². The highest BCUT2D eigenvalue weighted by molar-refractivity contribution is 5.93. The molecule has 0 unspecified atom stereocenters. The van der Waals surface area contributed by atoms with Crippen molar-refractivity contribution in [3.05, 3.63) is 28.1 Å². The molecule has 1 heterocycles. The van der Waals surface area contributed by atoms with Crippen LogP contribution in [0.3, 0.4) is 0 Å². The van der Waals surface area contributed by atoms with Crippen LogP contribution in [0.15, 0.2) is 12.3 Å². The molecule has 1 N–H and O–H groups in total. The third-order valence-corrected chi connectivity index (χ3v) is 2.70. The first-order valence-corrected chi connectivity index (χ1v) is 6.16. The minimum atomic E-state index is -0.504. The molecule has 1 rings (SSSR count). The summed E-state index contributed by atoms with van der Waals surface area (Å²) >= 11 is 0. The summed E-state index contributed by atoms with van der Waals surface area (Å²) in [5.74, 6) is 2.23. The lowest BCUT2D eigenvalue weighted by Gasteiger charge is -2.06. The Hall–Kier alpha value is -2.29. The van der Waals surface area contributed by atoms with E-state index >= 15 is 0 Å². The highest BCUT2D eigenvalue weighted by Crippen LogP contribution is 2.16. The number of hydrogen-bond donors (Lipinski definition) is 1. The number of nitro groups is 1. The maximum atomic E-state index is 11.9. The van der Waals surface area contributed by atoms with E-state index in [1.807, 2.05) is 6.92 Å². The summed E-state index contributed by atoms with van der Waals surface area (Å²) in [6, 6.07) is 1.29. The van der Waals surface area contributed by atoms with Gasteiger partial charge in [0.1, 0.15) is 5.69 Å². The number of terminal acetylenes is 1. The summed E-state index contributed by atoms with van der Waals surface area (Å²) < 4.78 is 1.56. The summed E-state index contributed by atoms with van der Waals surface area (Å²) in [5.41, 5.74) is 0.241. The quantitative estimate of drug-likeness (QED) is 0.353. The van der Waals surface area contributed by atoms with Crippen molar-refractivity contribution >= 4 is 11.6 Å². The fourth-order valence-corrected chi connectivity index (χ4v) is 1.69. The molecule has 0 atom stereocenters. The van der Waals surface area contributed by atoms with Crippen LogP contribution >= 0.6 is 0 Å². The van der Waals surface area contributed by atoms with Gasteiger partial charge in [0, 0.05) is 25.6 Å². The van der Waals surface area contributed by atoms with Crippen molar-refractivity contribution in [2.24, 2.45) is 0 Å². The molecule has 1 aromatic heterocycles. The molecule has 19 heavy (non-hydrogen) atoms. The van der Waals surface area contributed by atoms with Gasteiger partial charge in [0.25, 0.3) is 11.6 Å². The zero-order chi connectivity index (χ0) is 14.3. The number of carbonyl (C=O) groups excluding carboxylic acids is 1. The molecular weight excluding hydrogens is 246 g/mol. The molecule has 0 bridgehead atoms. The average molecular weight is 263 g/mol. The largest absolute Gasteiger partial charge is 0.351 e. The fourth-order valence-electron chi connectivity index (χ4n) is 1.69. The molecule has 0 saturated carbocycles. The van der Waals surface area contributed by atoms with E-state index in [2.05, 4.69) is 11.2 Å². The van der Waals surface area contributed by atoms with Gasteiger partial charge in [-0.25, -0.2) is 0 Å². The van der Waals surface area contributed by atoms with Crippen molar-refractivity contribution in [2.75, 3.05) is 6.54 Å². The van der Waals surface area contributed by atoms with Gasteiger partial charge in [0.05, 0.1) is 11.1 Å². The predicted molar refractivity (Wildman–Crippen MR) is 71.8 cm³/mol. The minimum absolute atomic E-state index is 0.0701. The Morgan fingerprint density at radius 1 is 1.58 bits per heavy atom. The number of aromatic nitrogens is 1. The molecule has 0 aliphatic rings. The van der Waals surface area contributed by atoms with E-state index in [0.717, 1.165) is 12.8 Å². The van der Waals surface area contributed by atoms with Crippen LogP contribution in [0.4, 0.5) is 5.69 Å². The Balaban J connectivity index is 2.61. The second-order valence-electron chi connectivity index (χ2n) is 4.04. The lowest BCUT2D eigenvalue weighted by Crippen LogP contribution is -2.26. The molecule has 0 radical (unpaired) electrons. The third-order valence-electron chi connectivity index (χ3n) is 2.70. The first-order chi connectivity index (χ1) is 9.10. The number of nitrogens with one attached hydrogen (secondary N) is 1. The van der Waals surface area contributed by atoms with Crippen LogP contribution in [0.25, 0.3) is 0 Å². The second-order valence-corrected chi connectivity index (χ2v) is 4.04. The van der Waals surface area contributed by atoms with Gasteiger partial charge in [-0.05, 0) is 19.8 Å². The van der Waals surface area contributed by atoms with Crippen LogP contribution in [0.5, 0.6) is 0 Å². The highest BCUT2D eigenvalue weighted by atomic mass is 16.6. The van der Waals surface area contributed by atoms with Crippen LogP contribution in [-0.2, 0) is 6.54 Å². The summed E-state index contributed by atoms with van der Waals surface area (Å²) in [7, 11) is 0. The molecule has 0 aromatic carbocycles. The van der Waals surface area contributed by atoms with Crippen molar-refractivity contribution in [3.8, 4) is 12.3 Å². The fraction of sp³-hybridized carbons (Fsp3) is 0.462. The first-order valence-electron chi connectivity index (χ1n) is 6.16. The molecule has 6 heteroatoms.